The van der Waals surface area contributed by atoms with E-state index in [2.05, 4.69) is 22.2 Å². The Morgan fingerprint density at radius 3 is 3.04 bits per heavy atom. The smallest absolute Gasteiger partial charge is 0.291 e. The fourth-order valence-electron chi connectivity index (χ4n) is 4.00. The molecule has 7 nitrogen and oxygen atoms in total. The molecule has 0 saturated carbocycles. The minimum atomic E-state index is -0.221. The average Bonchev–Trinajstić information content (AvgIpc) is 3.37. The predicted molar refractivity (Wildman–Crippen MR) is 107 cm³/mol. The van der Waals surface area contributed by atoms with Crippen LogP contribution in [0.25, 0.3) is 15.7 Å². The molecule has 1 aliphatic rings. The van der Waals surface area contributed by atoms with Gasteiger partial charge in [-0.2, -0.15) is 5.10 Å². The van der Waals surface area contributed by atoms with Gasteiger partial charge in [-0.05, 0) is 43.4 Å². The number of aryl methyl sites for hydroxylation is 1. The van der Waals surface area contributed by atoms with Crippen LogP contribution >= 0.6 is 11.3 Å². The van der Waals surface area contributed by atoms with Gasteiger partial charge in [0.25, 0.3) is 5.56 Å². The molecule has 27 heavy (non-hydrogen) atoms. The van der Waals surface area contributed by atoms with E-state index in [1.54, 1.807) is 11.3 Å². The van der Waals surface area contributed by atoms with E-state index in [0.29, 0.717) is 24.5 Å². The molecule has 0 aliphatic carbocycles. The number of aromatic nitrogens is 3. The van der Waals surface area contributed by atoms with E-state index in [1.165, 1.54) is 11.1 Å². The largest absolute Gasteiger partial charge is 0.353 e. The van der Waals surface area contributed by atoms with Gasteiger partial charge in [-0.25, -0.2) is 4.68 Å². The fraction of sp³-hybridized carbons (Fsp3) is 0.526. The number of amides is 1. The number of likely N-dealkylation sites (N-methyl/N-ethyl adjacent to an activating group) is 1. The highest BCUT2D eigenvalue weighted by molar-refractivity contribution is 7.16. The molecule has 8 heteroatoms. The van der Waals surface area contributed by atoms with E-state index in [-0.39, 0.29) is 18.0 Å². The summed E-state index contributed by atoms with van der Waals surface area (Å²) in [5.41, 5.74) is 0.367. The molecule has 1 N–H and O–H groups in total. The molecule has 0 bridgehead atoms. The number of likely N-dealkylation sites (tertiary alicyclic amines) is 1. The zero-order valence-corrected chi connectivity index (χ0v) is 16.6. The van der Waals surface area contributed by atoms with Crippen LogP contribution in [0.15, 0.2) is 22.3 Å². The topological polar surface area (TPSA) is 71.6 Å². The molecule has 1 atom stereocenters. The molecular formula is C19H25N5O2S. The molecule has 1 fully saturated rings. The lowest BCUT2D eigenvalue weighted by molar-refractivity contribution is -0.122. The lowest BCUT2D eigenvalue weighted by Gasteiger charge is -2.22. The van der Waals surface area contributed by atoms with Crippen molar-refractivity contribution in [3.8, 4) is 0 Å². The van der Waals surface area contributed by atoms with E-state index in [4.69, 9.17) is 0 Å². The first-order valence-corrected chi connectivity index (χ1v) is 10.5. The molecule has 0 unspecified atom stereocenters. The minimum absolute atomic E-state index is 0.0417. The Kier molecular flexibility index (Phi) is 5.01. The van der Waals surface area contributed by atoms with Crippen LogP contribution in [0.1, 0.15) is 32.5 Å². The van der Waals surface area contributed by atoms with Crippen LogP contribution in [-0.2, 0) is 17.8 Å². The van der Waals surface area contributed by atoms with Crippen molar-refractivity contribution in [2.45, 2.75) is 45.7 Å². The van der Waals surface area contributed by atoms with Gasteiger partial charge in [-0.1, -0.05) is 13.8 Å². The summed E-state index contributed by atoms with van der Waals surface area (Å²) in [5.74, 6) is 0.634. The molecule has 0 radical (unpaired) electrons. The third-order valence-electron chi connectivity index (χ3n) is 5.41. The average molecular weight is 388 g/mol. The lowest BCUT2D eigenvalue weighted by Crippen LogP contribution is -2.42. The summed E-state index contributed by atoms with van der Waals surface area (Å²) in [4.78, 5) is 28.7. The second kappa shape index (κ2) is 7.44. The van der Waals surface area contributed by atoms with Gasteiger partial charge in [0, 0.05) is 24.4 Å². The molecule has 1 saturated heterocycles. The van der Waals surface area contributed by atoms with Gasteiger partial charge in [-0.3, -0.25) is 18.9 Å². The van der Waals surface area contributed by atoms with E-state index in [9.17, 15) is 9.59 Å². The molecule has 0 aromatic carbocycles. The second-order valence-electron chi connectivity index (χ2n) is 7.01. The summed E-state index contributed by atoms with van der Waals surface area (Å²) in [6.07, 6.45) is 2.98. The quantitative estimate of drug-likeness (QED) is 0.701. The number of thiophene rings is 1. The third kappa shape index (κ3) is 3.27. The van der Waals surface area contributed by atoms with E-state index >= 15 is 0 Å². The monoisotopic (exact) mass is 387 g/mol. The highest BCUT2D eigenvalue weighted by Gasteiger charge is 2.23. The number of carbonyl (C=O) groups is 1. The second-order valence-corrected chi connectivity index (χ2v) is 7.90. The molecule has 1 amide bonds. The number of hydrogen-bond acceptors (Lipinski definition) is 5. The van der Waals surface area contributed by atoms with Gasteiger partial charge < -0.3 is 5.32 Å². The van der Waals surface area contributed by atoms with Crippen molar-refractivity contribution in [2.24, 2.45) is 0 Å². The van der Waals surface area contributed by atoms with Crippen LogP contribution in [0.5, 0.6) is 0 Å². The van der Waals surface area contributed by atoms with Crippen molar-refractivity contribution in [1.82, 2.24) is 24.4 Å². The Bertz CT molecular complexity index is 1030. The lowest BCUT2D eigenvalue weighted by atomic mass is 10.2. The fourth-order valence-corrected chi connectivity index (χ4v) is 4.92. The van der Waals surface area contributed by atoms with Gasteiger partial charge in [-0.15, -0.1) is 11.3 Å². The Labute approximate surface area is 161 Å². The van der Waals surface area contributed by atoms with Gasteiger partial charge in [0.15, 0.2) is 0 Å². The molecule has 0 spiro atoms. The molecule has 4 heterocycles. The number of nitrogens with one attached hydrogen (secondary N) is 1. The van der Waals surface area contributed by atoms with Crippen LogP contribution in [0.4, 0.5) is 0 Å². The predicted octanol–water partition coefficient (Wildman–Crippen LogP) is 1.87. The Morgan fingerprint density at radius 1 is 1.41 bits per heavy atom. The normalized spacial score (nSPS) is 17.9. The summed E-state index contributed by atoms with van der Waals surface area (Å²) >= 11 is 1.60. The van der Waals surface area contributed by atoms with E-state index in [0.717, 1.165) is 35.6 Å². The van der Waals surface area contributed by atoms with Crippen molar-refractivity contribution in [2.75, 3.05) is 19.6 Å². The first-order chi connectivity index (χ1) is 13.1. The third-order valence-corrected chi connectivity index (χ3v) is 6.32. The molecule has 3 aromatic heterocycles. The Balaban J connectivity index is 1.55. The van der Waals surface area contributed by atoms with Gasteiger partial charge >= 0.3 is 0 Å². The van der Waals surface area contributed by atoms with Crippen LogP contribution < -0.4 is 10.9 Å². The van der Waals surface area contributed by atoms with Gasteiger partial charge in [0.05, 0.1) is 0 Å². The standard InChI is InChI=1S/C19H25N5O2S/c1-3-16-21-23(12-17(25)20-11-14-6-5-8-22(14)4-2)18(26)15-10-13-7-9-27-19(13)24(15)16/h7,9-10,14H,3-6,8,11-12H2,1-2H3,(H,20,25)/t14-/m1/s1. The summed E-state index contributed by atoms with van der Waals surface area (Å²) in [7, 11) is 0. The van der Waals surface area contributed by atoms with Crippen molar-refractivity contribution in [1.29, 1.82) is 0 Å². The van der Waals surface area contributed by atoms with Crippen molar-refractivity contribution >= 4 is 33.0 Å². The number of nitrogens with zero attached hydrogens (tertiary/aromatic N) is 4. The maximum Gasteiger partial charge on any atom is 0.291 e. The van der Waals surface area contributed by atoms with Crippen LogP contribution in [0.3, 0.4) is 0 Å². The Hall–Kier alpha value is -2.19. The number of rotatable bonds is 6. The molecule has 3 aromatic rings. The maximum atomic E-state index is 12.9. The number of carbonyl (C=O) groups excluding carboxylic acids is 1. The zero-order valence-electron chi connectivity index (χ0n) is 15.8. The van der Waals surface area contributed by atoms with Crippen molar-refractivity contribution in [3.05, 3.63) is 33.7 Å². The molecule has 1 aliphatic heterocycles. The summed E-state index contributed by atoms with van der Waals surface area (Å²) in [5, 5.41) is 10.5. The van der Waals surface area contributed by atoms with Crippen molar-refractivity contribution < 1.29 is 4.79 Å². The number of fused-ring (bicyclic) bond motifs is 3. The van der Waals surface area contributed by atoms with Crippen molar-refractivity contribution in [3.63, 3.8) is 0 Å². The molecule has 144 valence electrons. The zero-order chi connectivity index (χ0) is 19.0. The van der Waals surface area contributed by atoms with E-state index in [1.807, 2.05) is 28.8 Å². The van der Waals surface area contributed by atoms with E-state index < -0.39 is 0 Å². The summed E-state index contributed by atoms with van der Waals surface area (Å²) < 4.78 is 3.23. The molecular weight excluding hydrogens is 362 g/mol. The van der Waals surface area contributed by atoms with Crippen LogP contribution in [-0.4, -0.2) is 50.7 Å². The summed E-state index contributed by atoms with van der Waals surface area (Å²) in [6, 6.07) is 4.29. The minimum Gasteiger partial charge on any atom is -0.353 e. The Morgan fingerprint density at radius 2 is 2.26 bits per heavy atom. The van der Waals surface area contributed by atoms with Crippen LogP contribution in [0, 0.1) is 0 Å². The number of hydrogen-bond donors (Lipinski definition) is 1. The van der Waals surface area contributed by atoms with Gasteiger partial charge in [0.2, 0.25) is 5.91 Å². The highest BCUT2D eigenvalue weighted by atomic mass is 32.1. The molecule has 4 rings (SSSR count). The highest BCUT2D eigenvalue weighted by Crippen LogP contribution is 2.24. The first kappa shape index (κ1) is 18.2. The SMILES string of the molecule is CCc1nn(CC(=O)NC[C@H]2CCCN2CC)c(=O)c2cc3ccsc3n12. The summed E-state index contributed by atoms with van der Waals surface area (Å²) in [6.45, 7) is 6.84. The van der Waals surface area contributed by atoms with Gasteiger partial charge in [0.1, 0.15) is 22.7 Å². The van der Waals surface area contributed by atoms with Crippen LogP contribution in [0.2, 0.25) is 0 Å². The maximum absolute atomic E-state index is 12.9. The first-order valence-electron chi connectivity index (χ1n) is 9.61.